The molecule has 6 heteroatoms. The van der Waals surface area contributed by atoms with Crippen LogP contribution in [0.5, 0.6) is 0 Å². The largest absolute Gasteiger partial charge is 0.463 e. The molecule has 0 spiro atoms. The number of thioether (sulfide) groups is 1. The highest BCUT2D eigenvalue weighted by molar-refractivity contribution is 8.03. The number of nitrogens with zero attached hydrogens (tertiary/aromatic N) is 1. The summed E-state index contributed by atoms with van der Waals surface area (Å²) in [6.45, 7) is 9.36. The molecule has 0 aromatic heterocycles. The summed E-state index contributed by atoms with van der Waals surface area (Å²) in [4.78, 5) is 27.1. The maximum absolute atomic E-state index is 12.1. The molecular formula is C18H29NO4S. The lowest BCUT2D eigenvalue weighted by Gasteiger charge is -2.33. The van der Waals surface area contributed by atoms with E-state index in [1.807, 2.05) is 39.5 Å². The van der Waals surface area contributed by atoms with E-state index in [1.165, 1.54) is 4.91 Å². The molecule has 24 heavy (non-hydrogen) atoms. The normalized spacial score (nSPS) is 19.6. The monoisotopic (exact) mass is 355 g/mol. The Morgan fingerprint density at radius 3 is 2.46 bits per heavy atom. The van der Waals surface area contributed by atoms with Gasteiger partial charge in [-0.1, -0.05) is 0 Å². The van der Waals surface area contributed by atoms with Gasteiger partial charge in [0.05, 0.1) is 6.61 Å². The zero-order valence-electron chi connectivity index (χ0n) is 15.2. The van der Waals surface area contributed by atoms with Crippen molar-refractivity contribution in [2.75, 3.05) is 19.7 Å². The summed E-state index contributed by atoms with van der Waals surface area (Å²) >= 11 is 1.82. The van der Waals surface area contributed by atoms with Crippen LogP contribution < -0.4 is 0 Å². The summed E-state index contributed by atoms with van der Waals surface area (Å²) in [5.74, 6) is -0.149. The fourth-order valence-corrected chi connectivity index (χ4v) is 4.40. The molecule has 0 aromatic carbocycles. The van der Waals surface area contributed by atoms with Gasteiger partial charge in [-0.25, -0.2) is 9.59 Å². The highest BCUT2D eigenvalue weighted by atomic mass is 32.2. The van der Waals surface area contributed by atoms with E-state index in [0.29, 0.717) is 24.9 Å². The van der Waals surface area contributed by atoms with Crippen molar-refractivity contribution >= 4 is 23.8 Å². The van der Waals surface area contributed by atoms with Crippen LogP contribution >= 0.6 is 11.8 Å². The molecule has 1 aliphatic carbocycles. The number of amides is 1. The van der Waals surface area contributed by atoms with Crippen molar-refractivity contribution in [1.29, 1.82) is 0 Å². The van der Waals surface area contributed by atoms with Gasteiger partial charge in [0.1, 0.15) is 5.60 Å². The van der Waals surface area contributed by atoms with Crippen LogP contribution in [0, 0.1) is 0 Å². The number of carbonyl (C=O) groups is 2. The zero-order valence-corrected chi connectivity index (χ0v) is 16.0. The van der Waals surface area contributed by atoms with E-state index in [9.17, 15) is 9.59 Å². The highest BCUT2D eigenvalue weighted by Gasteiger charge is 2.30. The summed E-state index contributed by atoms with van der Waals surface area (Å²) in [5.41, 5.74) is 0.419. The van der Waals surface area contributed by atoms with Crippen LogP contribution in [-0.2, 0) is 14.3 Å². The lowest BCUT2D eigenvalue weighted by atomic mass is 10.1. The van der Waals surface area contributed by atoms with Gasteiger partial charge in [0.15, 0.2) is 0 Å². The maximum Gasteiger partial charge on any atom is 0.410 e. The molecule has 1 fully saturated rings. The van der Waals surface area contributed by atoms with Crippen molar-refractivity contribution < 1.29 is 19.1 Å². The topological polar surface area (TPSA) is 55.8 Å². The molecule has 136 valence electrons. The van der Waals surface area contributed by atoms with Crippen molar-refractivity contribution in [3.63, 3.8) is 0 Å². The average molecular weight is 356 g/mol. The number of esters is 1. The Labute approximate surface area is 149 Å². The Kier molecular flexibility index (Phi) is 6.61. The Bertz CT molecular complexity index is 502. The molecule has 0 saturated carbocycles. The molecule has 1 amide bonds. The molecule has 2 aliphatic rings. The maximum atomic E-state index is 12.1. The minimum Gasteiger partial charge on any atom is -0.463 e. The van der Waals surface area contributed by atoms with Gasteiger partial charge in [-0.2, -0.15) is 0 Å². The molecular weight excluding hydrogens is 326 g/mol. The van der Waals surface area contributed by atoms with Gasteiger partial charge in [-0.05, 0) is 64.7 Å². The summed E-state index contributed by atoms with van der Waals surface area (Å²) in [6, 6.07) is 0. The SMILES string of the molecule is CCOC(=O)C1=C(SC2CCN(C(=O)OC(C)(C)C)CC2)CCC1. The summed E-state index contributed by atoms with van der Waals surface area (Å²) in [7, 11) is 0. The number of carbonyl (C=O) groups excluding carboxylic acids is 2. The van der Waals surface area contributed by atoms with E-state index < -0.39 is 5.60 Å². The van der Waals surface area contributed by atoms with E-state index in [2.05, 4.69) is 0 Å². The van der Waals surface area contributed by atoms with Gasteiger partial charge in [0.2, 0.25) is 0 Å². The molecule has 0 radical (unpaired) electrons. The van der Waals surface area contributed by atoms with Gasteiger partial charge in [-0.15, -0.1) is 11.8 Å². The zero-order chi connectivity index (χ0) is 17.7. The smallest absolute Gasteiger partial charge is 0.410 e. The summed E-state index contributed by atoms with van der Waals surface area (Å²) in [6.07, 6.45) is 4.49. The molecule has 1 aliphatic heterocycles. The van der Waals surface area contributed by atoms with Crippen molar-refractivity contribution in [1.82, 2.24) is 4.90 Å². The number of likely N-dealkylation sites (tertiary alicyclic amines) is 1. The van der Waals surface area contributed by atoms with E-state index in [0.717, 1.165) is 37.7 Å². The molecule has 2 rings (SSSR count). The number of ether oxygens (including phenoxy) is 2. The average Bonchev–Trinajstić information content (AvgIpc) is 2.94. The Morgan fingerprint density at radius 1 is 1.21 bits per heavy atom. The number of hydrogen-bond donors (Lipinski definition) is 0. The van der Waals surface area contributed by atoms with Crippen molar-refractivity contribution in [2.45, 2.75) is 70.7 Å². The minimum absolute atomic E-state index is 0.149. The molecule has 0 atom stereocenters. The highest BCUT2D eigenvalue weighted by Crippen LogP contribution is 2.40. The van der Waals surface area contributed by atoms with E-state index in [4.69, 9.17) is 9.47 Å². The van der Waals surface area contributed by atoms with Crippen LogP contribution in [0.15, 0.2) is 10.5 Å². The third-order valence-corrected chi connectivity index (χ3v) is 5.63. The second-order valence-corrected chi connectivity index (χ2v) is 8.66. The molecule has 1 saturated heterocycles. The third-order valence-electron chi connectivity index (χ3n) is 4.09. The summed E-state index contributed by atoms with van der Waals surface area (Å²) in [5, 5.41) is 0.459. The molecule has 0 aromatic rings. The minimum atomic E-state index is -0.452. The van der Waals surface area contributed by atoms with Gasteiger partial charge in [-0.3, -0.25) is 0 Å². The second-order valence-electron chi connectivity index (χ2n) is 7.26. The quantitative estimate of drug-likeness (QED) is 0.710. The summed E-state index contributed by atoms with van der Waals surface area (Å²) < 4.78 is 10.6. The number of piperidine rings is 1. The Balaban J connectivity index is 1.85. The van der Waals surface area contributed by atoms with Gasteiger partial charge < -0.3 is 14.4 Å². The van der Waals surface area contributed by atoms with E-state index in [-0.39, 0.29) is 12.1 Å². The van der Waals surface area contributed by atoms with Crippen LogP contribution in [0.1, 0.15) is 59.8 Å². The Morgan fingerprint density at radius 2 is 1.88 bits per heavy atom. The number of allylic oxidation sites excluding steroid dienone is 1. The van der Waals surface area contributed by atoms with Crippen molar-refractivity contribution in [2.24, 2.45) is 0 Å². The molecule has 0 bridgehead atoms. The first-order valence-electron chi connectivity index (χ1n) is 8.84. The second kappa shape index (κ2) is 8.28. The van der Waals surface area contributed by atoms with Crippen LogP contribution in [0.3, 0.4) is 0 Å². The predicted molar refractivity (Wildman–Crippen MR) is 95.9 cm³/mol. The first-order chi connectivity index (χ1) is 11.3. The van der Waals surface area contributed by atoms with Crippen LogP contribution in [-0.4, -0.2) is 47.5 Å². The lowest BCUT2D eigenvalue weighted by molar-refractivity contribution is -0.138. The van der Waals surface area contributed by atoms with Crippen molar-refractivity contribution in [3.8, 4) is 0 Å². The Hall–Kier alpha value is -1.17. The lowest BCUT2D eigenvalue weighted by Crippen LogP contribution is -2.42. The van der Waals surface area contributed by atoms with Gasteiger partial charge >= 0.3 is 12.1 Å². The van der Waals surface area contributed by atoms with E-state index in [1.54, 1.807) is 4.90 Å². The fourth-order valence-electron chi connectivity index (χ4n) is 2.96. The van der Waals surface area contributed by atoms with Gasteiger partial charge in [0.25, 0.3) is 0 Å². The first-order valence-corrected chi connectivity index (χ1v) is 9.72. The molecule has 5 nitrogen and oxygen atoms in total. The fraction of sp³-hybridized carbons (Fsp3) is 0.778. The third kappa shape index (κ3) is 5.43. The molecule has 0 N–H and O–H groups in total. The number of hydrogen-bond acceptors (Lipinski definition) is 5. The standard InChI is InChI=1S/C18H29NO4S/c1-5-22-16(20)14-7-6-8-15(14)24-13-9-11-19(12-10-13)17(21)23-18(2,3)4/h13H,5-12H2,1-4H3. The van der Waals surface area contributed by atoms with Crippen LogP contribution in [0.4, 0.5) is 4.79 Å². The molecule has 1 heterocycles. The first kappa shape index (κ1) is 19.2. The number of rotatable bonds is 4. The van der Waals surface area contributed by atoms with Crippen molar-refractivity contribution in [3.05, 3.63) is 10.5 Å². The van der Waals surface area contributed by atoms with Crippen LogP contribution in [0.25, 0.3) is 0 Å². The molecule has 0 unspecified atom stereocenters. The van der Waals surface area contributed by atoms with Crippen LogP contribution in [0.2, 0.25) is 0 Å². The van der Waals surface area contributed by atoms with E-state index >= 15 is 0 Å². The van der Waals surface area contributed by atoms with Gasteiger partial charge in [0, 0.05) is 23.9 Å². The predicted octanol–water partition coefficient (Wildman–Crippen LogP) is 4.12.